The molecule has 1 unspecified atom stereocenters. The fraction of sp³-hybridized carbons (Fsp3) is 0.267. The quantitative estimate of drug-likeness (QED) is 0.645. The van der Waals surface area contributed by atoms with E-state index in [1.165, 1.54) is 26.4 Å². The van der Waals surface area contributed by atoms with Gasteiger partial charge in [0.25, 0.3) is 0 Å². The van der Waals surface area contributed by atoms with Crippen LogP contribution in [0.2, 0.25) is 0 Å². The standard InChI is InChI=1S/C15H16O5/c1-19-15(20-2)9-8-11(13(17)14(15)18)12(16)10-6-4-3-5-7-10/h3-9,14,17-18H,1-2H3. The average molecular weight is 276 g/mol. The Morgan fingerprint density at radius 1 is 1.20 bits per heavy atom. The molecule has 1 aliphatic rings. The summed E-state index contributed by atoms with van der Waals surface area (Å²) >= 11 is 0. The van der Waals surface area contributed by atoms with Gasteiger partial charge >= 0.3 is 0 Å². The van der Waals surface area contributed by atoms with Gasteiger partial charge in [-0.05, 0) is 12.2 Å². The first kappa shape index (κ1) is 14.5. The summed E-state index contributed by atoms with van der Waals surface area (Å²) in [6, 6.07) is 8.51. The summed E-state index contributed by atoms with van der Waals surface area (Å²) in [7, 11) is 2.68. The molecule has 0 heterocycles. The Labute approximate surface area is 116 Å². The predicted octanol–water partition coefficient (Wildman–Crippen LogP) is 1.60. The molecule has 2 N–H and O–H groups in total. The zero-order valence-corrected chi connectivity index (χ0v) is 11.2. The van der Waals surface area contributed by atoms with Crippen molar-refractivity contribution >= 4 is 5.78 Å². The molecular formula is C15H16O5. The van der Waals surface area contributed by atoms with Crippen molar-refractivity contribution in [2.75, 3.05) is 14.2 Å². The van der Waals surface area contributed by atoms with E-state index in [9.17, 15) is 15.0 Å². The maximum absolute atomic E-state index is 12.3. The van der Waals surface area contributed by atoms with Crippen molar-refractivity contribution in [2.45, 2.75) is 11.9 Å². The first-order valence-corrected chi connectivity index (χ1v) is 6.06. The highest BCUT2D eigenvalue weighted by atomic mass is 16.7. The molecule has 1 aromatic rings. The van der Waals surface area contributed by atoms with Crippen LogP contribution in [0.1, 0.15) is 10.4 Å². The van der Waals surface area contributed by atoms with Crippen molar-refractivity contribution in [1.82, 2.24) is 0 Å². The molecule has 0 aliphatic heterocycles. The molecule has 5 heteroatoms. The van der Waals surface area contributed by atoms with Gasteiger partial charge in [0, 0.05) is 19.8 Å². The van der Waals surface area contributed by atoms with E-state index in [0.29, 0.717) is 5.56 Å². The van der Waals surface area contributed by atoms with Crippen LogP contribution >= 0.6 is 0 Å². The number of ketones is 1. The maximum Gasteiger partial charge on any atom is 0.222 e. The molecule has 0 aromatic heterocycles. The van der Waals surface area contributed by atoms with Crippen molar-refractivity contribution in [1.29, 1.82) is 0 Å². The van der Waals surface area contributed by atoms with Crippen LogP contribution in [-0.4, -0.2) is 42.1 Å². The largest absolute Gasteiger partial charge is 0.509 e. The van der Waals surface area contributed by atoms with Crippen LogP contribution in [-0.2, 0) is 9.47 Å². The lowest BCUT2D eigenvalue weighted by Gasteiger charge is -2.34. The monoisotopic (exact) mass is 276 g/mol. The third-order valence-corrected chi connectivity index (χ3v) is 3.32. The number of hydrogen-bond donors (Lipinski definition) is 2. The molecule has 0 saturated carbocycles. The Kier molecular flexibility index (Phi) is 4.04. The number of aliphatic hydroxyl groups is 2. The molecular weight excluding hydrogens is 260 g/mol. The molecule has 0 amide bonds. The smallest absolute Gasteiger partial charge is 0.222 e. The molecule has 0 saturated heterocycles. The lowest BCUT2D eigenvalue weighted by Crippen LogP contribution is -2.47. The second kappa shape index (κ2) is 5.58. The number of carbonyl (C=O) groups is 1. The summed E-state index contributed by atoms with van der Waals surface area (Å²) in [5, 5.41) is 20.2. The van der Waals surface area contributed by atoms with E-state index in [1.807, 2.05) is 0 Å². The van der Waals surface area contributed by atoms with Gasteiger partial charge in [-0.3, -0.25) is 4.79 Å². The van der Waals surface area contributed by atoms with E-state index < -0.39 is 17.7 Å². The average Bonchev–Trinajstić information content (AvgIpc) is 2.51. The summed E-state index contributed by atoms with van der Waals surface area (Å²) < 4.78 is 10.2. The van der Waals surface area contributed by atoms with E-state index in [2.05, 4.69) is 0 Å². The van der Waals surface area contributed by atoms with Gasteiger partial charge in [-0.1, -0.05) is 30.3 Å². The van der Waals surface area contributed by atoms with Crippen LogP contribution in [0.4, 0.5) is 0 Å². The second-order valence-electron chi connectivity index (χ2n) is 4.36. The van der Waals surface area contributed by atoms with Gasteiger partial charge in [0.05, 0.1) is 5.57 Å². The Morgan fingerprint density at radius 2 is 1.80 bits per heavy atom. The molecule has 0 spiro atoms. The lowest BCUT2D eigenvalue weighted by atomic mass is 9.92. The summed E-state index contributed by atoms with van der Waals surface area (Å²) in [5.41, 5.74) is 0.446. The normalized spacial score (nSPS) is 21.1. The van der Waals surface area contributed by atoms with Gasteiger partial charge in [-0.15, -0.1) is 0 Å². The fourth-order valence-corrected chi connectivity index (χ4v) is 2.09. The molecule has 5 nitrogen and oxygen atoms in total. The minimum Gasteiger partial charge on any atom is -0.509 e. The van der Waals surface area contributed by atoms with Gasteiger partial charge in [0.2, 0.25) is 5.79 Å². The zero-order valence-electron chi connectivity index (χ0n) is 11.2. The third kappa shape index (κ3) is 2.27. The van der Waals surface area contributed by atoms with Crippen LogP contribution in [0.3, 0.4) is 0 Å². The van der Waals surface area contributed by atoms with Crippen LogP contribution < -0.4 is 0 Å². The summed E-state index contributed by atoms with van der Waals surface area (Å²) in [6.45, 7) is 0. The highest BCUT2D eigenvalue weighted by Crippen LogP contribution is 2.31. The van der Waals surface area contributed by atoms with Gasteiger partial charge < -0.3 is 19.7 Å². The molecule has 1 aromatic carbocycles. The number of ether oxygens (including phenoxy) is 2. The van der Waals surface area contributed by atoms with Gasteiger partial charge in [-0.2, -0.15) is 0 Å². The van der Waals surface area contributed by atoms with Gasteiger partial charge in [0.15, 0.2) is 11.9 Å². The van der Waals surface area contributed by atoms with E-state index in [4.69, 9.17) is 9.47 Å². The van der Waals surface area contributed by atoms with Crippen molar-refractivity contribution in [3.63, 3.8) is 0 Å². The number of Topliss-reactive ketones (excluding diaryl/α,β-unsaturated/α-hetero) is 1. The van der Waals surface area contributed by atoms with Crippen molar-refractivity contribution in [3.8, 4) is 0 Å². The highest BCUT2D eigenvalue weighted by Gasteiger charge is 2.43. The Morgan fingerprint density at radius 3 is 2.35 bits per heavy atom. The summed E-state index contributed by atoms with van der Waals surface area (Å²) in [4.78, 5) is 12.3. The first-order valence-electron chi connectivity index (χ1n) is 6.06. The number of aliphatic hydroxyl groups excluding tert-OH is 2. The summed E-state index contributed by atoms with van der Waals surface area (Å²) in [6.07, 6.45) is 1.34. The molecule has 0 fully saturated rings. The number of hydrogen-bond acceptors (Lipinski definition) is 5. The van der Waals surface area contributed by atoms with Gasteiger partial charge in [0.1, 0.15) is 5.76 Å². The van der Waals surface area contributed by atoms with E-state index in [0.717, 1.165) is 0 Å². The van der Waals surface area contributed by atoms with E-state index >= 15 is 0 Å². The fourth-order valence-electron chi connectivity index (χ4n) is 2.09. The molecule has 106 valence electrons. The molecule has 1 atom stereocenters. The highest BCUT2D eigenvalue weighted by molar-refractivity contribution is 6.11. The molecule has 20 heavy (non-hydrogen) atoms. The minimum absolute atomic E-state index is 0.0217. The van der Waals surface area contributed by atoms with Crippen LogP contribution in [0, 0.1) is 0 Å². The van der Waals surface area contributed by atoms with Crippen molar-refractivity contribution in [2.24, 2.45) is 0 Å². The predicted molar refractivity (Wildman–Crippen MR) is 72.3 cm³/mol. The van der Waals surface area contributed by atoms with Gasteiger partial charge in [-0.25, -0.2) is 0 Å². The Balaban J connectivity index is 2.38. The third-order valence-electron chi connectivity index (χ3n) is 3.32. The molecule has 2 rings (SSSR count). The topological polar surface area (TPSA) is 76.0 Å². The van der Waals surface area contributed by atoms with Crippen molar-refractivity contribution in [3.05, 3.63) is 59.4 Å². The van der Waals surface area contributed by atoms with E-state index in [1.54, 1.807) is 30.3 Å². The maximum atomic E-state index is 12.3. The first-order chi connectivity index (χ1) is 9.55. The number of allylic oxidation sites excluding steroid dienone is 2. The van der Waals surface area contributed by atoms with Crippen molar-refractivity contribution < 1.29 is 24.5 Å². The minimum atomic E-state index is -1.48. The second-order valence-corrected chi connectivity index (χ2v) is 4.36. The summed E-state index contributed by atoms with van der Waals surface area (Å²) in [5.74, 6) is -2.32. The molecule has 0 radical (unpaired) electrons. The zero-order chi connectivity index (χ0) is 14.8. The SMILES string of the molecule is COC1(OC)C=CC(C(=O)c2ccccc2)=C(O)C1O. The number of carbonyl (C=O) groups excluding carboxylic acids is 1. The Hall–Kier alpha value is -1.95. The number of benzene rings is 1. The van der Waals surface area contributed by atoms with Crippen LogP contribution in [0.25, 0.3) is 0 Å². The molecule has 0 bridgehead atoms. The van der Waals surface area contributed by atoms with E-state index in [-0.39, 0.29) is 11.4 Å². The number of rotatable bonds is 4. The molecule has 1 aliphatic carbocycles. The van der Waals surface area contributed by atoms with Crippen LogP contribution in [0.5, 0.6) is 0 Å². The lowest BCUT2D eigenvalue weighted by molar-refractivity contribution is -0.223. The Bertz CT molecular complexity index is 555. The number of methoxy groups -OCH3 is 2. The van der Waals surface area contributed by atoms with Crippen LogP contribution in [0.15, 0.2) is 53.8 Å².